The third-order valence-electron chi connectivity index (χ3n) is 4.18. The quantitative estimate of drug-likeness (QED) is 0.894. The third-order valence-corrected chi connectivity index (χ3v) is 5.05. The molecule has 2 aliphatic rings. The molecule has 3 heterocycles. The summed E-state index contributed by atoms with van der Waals surface area (Å²) in [5, 5.41) is 3.40. The summed E-state index contributed by atoms with van der Waals surface area (Å²) < 4.78 is 10.8. The van der Waals surface area contributed by atoms with Crippen LogP contribution in [0.5, 0.6) is 11.5 Å². The van der Waals surface area contributed by atoms with E-state index in [2.05, 4.69) is 15.2 Å². The summed E-state index contributed by atoms with van der Waals surface area (Å²) >= 11 is 1.30. The molecule has 1 fully saturated rings. The summed E-state index contributed by atoms with van der Waals surface area (Å²) in [5.41, 5.74) is 1.87. The highest BCUT2D eigenvalue weighted by Gasteiger charge is 2.19. The van der Waals surface area contributed by atoms with Crippen molar-refractivity contribution in [3.8, 4) is 22.8 Å². The molecule has 1 aromatic heterocycles. The summed E-state index contributed by atoms with van der Waals surface area (Å²) in [5.74, 6) is 1.49. The van der Waals surface area contributed by atoms with Crippen LogP contribution in [0, 0.1) is 0 Å². The summed E-state index contributed by atoms with van der Waals surface area (Å²) in [7, 11) is 0. The molecule has 4 rings (SSSR count). The number of H-pyrrole nitrogens is 1. The number of benzene rings is 1. The molecule has 1 saturated heterocycles. The predicted octanol–water partition coefficient (Wildman–Crippen LogP) is 1.63. The molecule has 1 aromatic carbocycles. The van der Waals surface area contributed by atoms with Gasteiger partial charge in [-0.3, -0.25) is 9.69 Å². The number of aromatic nitrogens is 1. The molecule has 6 nitrogen and oxygen atoms in total. The van der Waals surface area contributed by atoms with E-state index in [0.29, 0.717) is 0 Å². The second-order valence-corrected chi connectivity index (χ2v) is 6.83. The summed E-state index contributed by atoms with van der Waals surface area (Å²) in [6.07, 6.45) is 1.14. The lowest BCUT2D eigenvalue weighted by Crippen LogP contribution is -2.27. The van der Waals surface area contributed by atoms with Gasteiger partial charge in [0.05, 0.1) is 5.69 Å². The molecule has 0 unspecified atom stereocenters. The molecule has 0 spiro atoms. The highest BCUT2D eigenvalue weighted by atomic mass is 32.1. The first kappa shape index (κ1) is 14.7. The van der Waals surface area contributed by atoms with Crippen LogP contribution in [0.25, 0.3) is 11.3 Å². The number of thiazole rings is 1. The number of aromatic amines is 1. The maximum absolute atomic E-state index is 11.9. The Morgan fingerprint density at radius 2 is 2.09 bits per heavy atom. The van der Waals surface area contributed by atoms with Crippen LogP contribution in [0.1, 0.15) is 11.3 Å². The smallest absolute Gasteiger partial charge is 0.305 e. The zero-order chi connectivity index (χ0) is 15.6. The van der Waals surface area contributed by atoms with Crippen molar-refractivity contribution in [3.63, 3.8) is 0 Å². The van der Waals surface area contributed by atoms with E-state index in [1.165, 1.54) is 11.3 Å². The molecule has 2 aromatic rings. The lowest BCUT2D eigenvalue weighted by molar-refractivity contribution is 0.174. The Bertz CT molecular complexity index is 747. The van der Waals surface area contributed by atoms with E-state index in [4.69, 9.17) is 9.47 Å². The van der Waals surface area contributed by atoms with Gasteiger partial charge in [-0.25, -0.2) is 0 Å². The number of ether oxygens (including phenoxy) is 2. The lowest BCUT2D eigenvalue weighted by Gasteiger charge is -2.19. The predicted molar refractivity (Wildman–Crippen MR) is 89.3 cm³/mol. The van der Waals surface area contributed by atoms with Crippen molar-refractivity contribution in [2.45, 2.75) is 13.0 Å². The standard InChI is InChI=1S/C16H19N3O3S/c20-16-18-15(11-2-3-12-13(8-11)22-10-21-12)14(23-16)9-19-6-1-4-17-5-7-19/h2-3,8,17H,1,4-7,9-10H2,(H,18,20). The van der Waals surface area contributed by atoms with Gasteiger partial charge in [0.15, 0.2) is 11.5 Å². The third kappa shape index (κ3) is 3.12. The van der Waals surface area contributed by atoms with Gasteiger partial charge in [0, 0.05) is 30.1 Å². The second-order valence-electron chi connectivity index (χ2n) is 5.76. The SMILES string of the molecule is O=c1[nH]c(-c2ccc3c(c2)OCO3)c(CN2CCCNCC2)s1. The summed E-state index contributed by atoms with van der Waals surface area (Å²) in [6.45, 7) is 5.18. The molecule has 0 radical (unpaired) electrons. The van der Waals surface area contributed by atoms with Gasteiger partial charge >= 0.3 is 4.87 Å². The monoisotopic (exact) mass is 333 g/mol. The molecule has 0 atom stereocenters. The molecular formula is C16H19N3O3S. The van der Waals surface area contributed by atoms with Crippen LogP contribution in [0.4, 0.5) is 0 Å². The molecule has 0 bridgehead atoms. The molecule has 2 aliphatic heterocycles. The Morgan fingerprint density at radius 1 is 1.17 bits per heavy atom. The largest absolute Gasteiger partial charge is 0.454 e. The topological polar surface area (TPSA) is 66.6 Å². The highest BCUT2D eigenvalue weighted by molar-refractivity contribution is 7.09. The highest BCUT2D eigenvalue weighted by Crippen LogP contribution is 2.36. The van der Waals surface area contributed by atoms with Crippen molar-refractivity contribution in [2.75, 3.05) is 33.0 Å². The normalized spacial score (nSPS) is 18.1. The molecule has 0 amide bonds. The van der Waals surface area contributed by atoms with E-state index in [0.717, 1.165) is 66.8 Å². The summed E-state index contributed by atoms with van der Waals surface area (Å²) in [4.78, 5) is 18.4. The Labute approximate surface area is 138 Å². The fraction of sp³-hybridized carbons (Fsp3) is 0.438. The van der Waals surface area contributed by atoms with E-state index >= 15 is 0 Å². The van der Waals surface area contributed by atoms with Gasteiger partial charge in [0.1, 0.15) is 0 Å². The molecular weight excluding hydrogens is 314 g/mol. The Kier molecular flexibility index (Phi) is 4.07. The van der Waals surface area contributed by atoms with Gasteiger partial charge in [-0.15, -0.1) is 0 Å². The van der Waals surface area contributed by atoms with Crippen molar-refractivity contribution in [1.29, 1.82) is 0 Å². The van der Waals surface area contributed by atoms with Gasteiger partial charge < -0.3 is 19.8 Å². The minimum atomic E-state index is -0.0133. The van der Waals surface area contributed by atoms with E-state index in [-0.39, 0.29) is 11.7 Å². The first-order valence-corrected chi connectivity index (χ1v) is 8.66. The van der Waals surface area contributed by atoms with Gasteiger partial charge in [0.2, 0.25) is 6.79 Å². The van der Waals surface area contributed by atoms with Crippen LogP contribution in [0.3, 0.4) is 0 Å². The van der Waals surface area contributed by atoms with Gasteiger partial charge in [-0.2, -0.15) is 0 Å². The van der Waals surface area contributed by atoms with Crippen LogP contribution in [-0.2, 0) is 6.54 Å². The Hall–Kier alpha value is -1.83. The van der Waals surface area contributed by atoms with Crippen molar-refractivity contribution in [2.24, 2.45) is 0 Å². The van der Waals surface area contributed by atoms with Crippen LogP contribution >= 0.6 is 11.3 Å². The van der Waals surface area contributed by atoms with E-state index in [1.54, 1.807) is 0 Å². The van der Waals surface area contributed by atoms with Crippen LogP contribution in [-0.4, -0.2) is 42.9 Å². The van der Waals surface area contributed by atoms with Crippen molar-refractivity contribution >= 4 is 11.3 Å². The molecule has 7 heteroatoms. The maximum atomic E-state index is 11.9. The second kappa shape index (κ2) is 6.35. The van der Waals surface area contributed by atoms with Crippen molar-refractivity contribution in [3.05, 3.63) is 32.7 Å². The van der Waals surface area contributed by atoms with E-state index < -0.39 is 0 Å². The zero-order valence-electron chi connectivity index (χ0n) is 12.8. The van der Waals surface area contributed by atoms with Crippen molar-refractivity contribution in [1.82, 2.24) is 15.2 Å². The van der Waals surface area contributed by atoms with Gasteiger partial charge in [0.25, 0.3) is 0 Å². The molecule has 0 aliphatic carbocycles. The first-order valence-electron chi connectivity index (χ1n) is 7.85. The Balaban J connectivity index is 1.62. The number of hydrogen-bond donors (Lipinski definition) is 2. The minimum Gasteiger partial charge on any atom is -0.454 e. The van der Waals surface area contributed by atoms with Crippen molar-refractivity contribution < 1.29 is 9.47 Å². The molecule has 2 N–H and O–H groups in total. The average Bonchev–Trinajstić information content (AvgIpc) is 3.06. The fourth-order valence-corrected chi connectivity index (χ4v) is 3.91. The van der Waals surface area contributed by atoms with E-state index in [1.807, 2.05) is 18.2 Å². The molecule has 122 valence electrons. The van der Waals surface area contributed by atoms with Crippen LogP contribution in [0.2, 0.25) is 0 Å². The number of nitrogens with one attached hydrogen (secondary N) is 2. The van der Waals surface area contributed by atoms with Crippen LogP contribution in [0.15, 0.2) is 23.0 Å². The Morgan fingerprint density at radius 3 is 3.04 bits per heavy atom. The number of hydrogen-bond acceptors (Lipinski definition) is 6. The molecule has 23 heavy (non-hydrogen) atoms. The number of nitrogens with zero attached hydrogens (tertiary/aromatic N) is 1. The zero-order valence-corrected chi connectivity index (χ0v) is 13.6. The van der Waals surface area contributed by atoms with E-state index in [9.17, 15) is 4.79 Å². The number of rotatable bonds is 3. The summed E-state index contributed by atoms with van der Waals surface area (Å²) in [6, 6.07) is 5.81. The van der Waals surface area contributed by atoms with Crippen LogP contribution < -0.4 is 19.7 Å². The first-order chi connectivity index (χ1) is 11.3. The minimum absolute atomic E-state index is 0.0133. The molecule has 0 saturated carbocycles. The maximum Gasteiger partial charge on any atom is 0.305 e. The van der Waals surface area contributed by atoms with Gasteiger partial charge in [-0.1, -0.05) is 11.3 Å². The average molecular weight is 333 g/mol. The fourth-order valence-electron chi connectivity index (χ4n) is 3.02. The van der Waals surface area contributed by atoms with Gasteiger partial charge in [-0.05, 0) is 37.7 Å². The lowest BCUT2D eigenvalue weighted by atomic mass is 10.1. The number of fused-ring (bicyclic) bond motifs is 1.